The van der Waals surface area contributed by atoms with E-state index in [1.54, 1.807) is 6.07 Å². The molecule has 6 rings (SSSR count). The lowest BCUT2D eigenvalue weighted by molar-refractivity contribution is -0.121. The molecule has 0 aliphatic carbocycles. The van der Waals surface area contributed by atoms with Gasteiger partial charge < -0.3 is 10.2 Å². The Labute approximate surface area is 231 Å². The van der Waals surface area contributed by atoms with E-state index in [1.807, 2.05) is 48.7 Å². The van der Waals surface area contributed by atoms with Crippen LogP contribution in [0.15, 0.2) is 84.0 Å². The summed E-state index contributed by atoms with van der Waals surface area (Å²) in [5, 5.41) is 3.83. The van der Waals surface area contributed by atoms with Crippen molar-refractivity contribution in [2.45, 2.75) is 18.9 Å². The van der Waals surface area contributed by atoms with Gasteiger partial charge in [-0.05, 0) is 48.4 Å². The average Bonchev–Trinajstić information content (AvgIpc) is 3.47. The highest BCUT2D eigenvalue weighted by atomic mass is 35.5. The minimum atomic E-state index is -0.373. The Morgan fingerprint density at radius 3 is 2.82 bits per heavy atom. The predicted octanol–water partition coefficient (Wildman–Crippen LogP) is 5.29. The van der Waals surface area contributed by atoms with Crippen LogP contribution >= 0.6 is 11.6 Å². The SMILES string of the molecule is O=C(CCc1ccccc1)[C@H]1CN(c2cnc3ccc(C4=CCN=C4c4cc(Cl)ccc4F)nc3c2)CCN1. The first kappa shape index (κ1) is 25.3. The number of allylic oxidation sites excluding steroid dienone is 1. The van der Waals surface area contributed by atoms with Crippen molar-refractivity contribution in [1.82, 2.24) is 15.3 Å². The maximum atomic E-state index is 14.6. The van der Waals surface area contributed by atoms with Crippen LogP contribution in [0.5, 0.6) is 0 Å². The summed E-state index contributed by atoms with van der Waals surface area (Å²) < 4.78 is 14.6. The van der Waals surface area contributed by atoms with Crippen LogP contribution in [0.4, 0.5) is 10.1 Å². The number of benzene rings is 2. The summed E-state index contributed by atoms with van der Waals surface area (Å²) in [4.78, 5) is 29.2. The lowest BCUT2D eigenvalue weighted by atomic mass is 9.99. The second-order valence-corrected chi connectivity index (χ2v) is 10.2. The number of hydrogen-bond acceptors (Lipinski definition) is 6. The van der Waals surface area contributed by atoms with E-state index in [4.69, 9.17) is 16.6 Å². The van der Waals surface area contributed by atoms with Crippen molar-refractivity contribution in [3.05, 3.63) is 107 Å². The second kappa shape index (κ2) is 11.0. The summed E-state index contributed by atoms with van der Waals surface area (Å²) >= 11 is 6.14. The van der Waals surface area contributed by atoms with Gasteiger partial charge in [-0.3, -0.25) is 14.8 Å². The van der Waals surface area contributed by atoms with Crippen LogP contribution in [0.1, 0.15) is 23.2 Å². The topological polar surface area (TPSA) is 70.5 Å². The van der Waals surface area contributed by atoms with Crippen LogP contribution in [0, 0.1) is 5.82 Å². The molecule has 4 heterocycles. The van der Waals surface area contributed by atoms with Crippen LogP contribution in [0.2, 0.25) is 5.02 Å². The number of carbonyl (C=O) groups excluding carboxylic acids is 1. The third-order valence-corrected chi connectivity index (χ3v) is 7.45. The minimum absolute atomic E-state index is 0.214. The van der Waals surface area contributed by atoms with Gasteiger partial charge in [0.15, 0.2) is 5.78 Å². The molecule has 1 N–H and O–H groups in total. The first-order valence-electron chi connectivity index (χ1n) is 13.1. The molecule has 8 heteroatoms. The average molecular weight is 540 g/mol. The molecular formula is C31H27ClFN5O. The van der Waals surface area contributed by atoms with Crippen LogP contribution in [0.3, 0.4) is 0 Å². The van der Waals surface area contributed by atoms with Crippen LogP contribution in [-0.2, 0) is 11.2 Å². The second-order valence-electron chi connectivity index (χ2n) is 9.76. The first-order chi connectivity index (χ1) is 19.0. The number of carbonyl (C=O) groups is 1. The Morgan fingerprint density at radius 2 is 1.95 bits per heavy atom. The van der Waals surface area contributed by atoms with Crippen molar-refractivity contribution in [3.63, 3.8) is 0 Å². The number of halogens is 2. The Hall–Kier alpha value is -3.94. The number of fused-ring (bicyclic) bond motifs is 1. The quantitative estimate of drug-likeness (QED) is 0.345. The van der Waals surface area contributed by atoms with E-state index in [-0.39, 0.29) is 17.6 Å². The summed E-state index contributed by atoms with van der Waals surface area (Å²) in [5.41, 5.74) is 5.97. The van der Waals surface area contributed by atoms with E-state index in [9.17, 15) is 9.18 Å². The van der Waals surface area contributed by atoms with Gasteiger partial charge in [0.2, 0.25) is 0 Å². The number of anilines is 1. The first-order valence-corrected chi connectivity index (χ1v) is 13.5. The molecule has 2 aromatic heterocycles. The molecule has 0 bridgehead atoms. The van der Waals surface area contributed by atoms with Gasteiger partial charge in [0.05, 0.1) is 46.9 Å². The van der Waals surface area contributed by atoms with Crippen molar-refractivity contribution in [3.8, 4) is 0 Å². The number of nitrogens with one attached hydrogen (secondary N) is 1. The fourth-order valence-corrected chi connectivity index (χ4v) is 5.32. The molecule has 196 valence electrons. The molecule has 4 aromatic rings. The molecule has 2 aliphatic rings. The van der Waals surface area contributed by atoms with Gasteiger partial charge in [-0.15, -0.1) is 0 Å². The van der Waals surface area contributed by atoms with Gasteiger partial charge in [0.1, 0.15) is 5.82 Å². The van der Waals surface area contributed by atoms with Gasteiger partial charge in [0.25, 0.3) is 0 Å². The van der Waals surface area contributed by atoms with Crippen molar-refractivity contribution < 1.29 is 9.18 Å². The van der Waals surface area contributed by atoms with E-state index in [0.29, 0.717) is 48.0 Å². The zero-order valence-electron chi connectivity index (χ0n) is 21.3. The smallest absolute Gasteiger partial charge is 0.151 e. The number of aliphatic imine (C=N–C) groups is 1. The summed E-state index contributed by atoms with van der Waals surface area (Å²) in [6.07, 6.45) is 5.03. The fourth-order valence-electron chi connectivity index (χ4n) is 5.15. The van der Waals surface area contributed by atoms with Gasteiger partial charge in [-0.25, -0.2) is 9.37 Å². The molecule has 0 saturated carbocycles. The van der Waals surface area contributed by atoms with E-state index in [0.717, 1.165) is 35.3 Å². The molecule has 1 saturated heterocycles. The van der Waals surface area contributed by atoms with Gasteiger partial charge in [0, 0.05) is 42.2 Å². The molecule has 2 aliphatic heterocycles. The van der Waals surface area contributed by atoms with Crippen molar-refractivity contribution >= 4 is 45.4 Å². The standard InChI is InChI=1S/C31H27ClFN5O/c32-21-7-8-25(33)24(16-21)31-23(12-13-35-31)26-9-10-27-28(37-26)17-22(18-36-27)38-15-14-34-29(19-38)30(39)11-6-20-4-2-1-3-5-20/h1-5,7-10,12,16-18,29,34H,6,11,13-15,19H2/t29-/m1/s1. The number of aryl methyl sites for hydroxylation is 1. The number of piperazine rings is 1. The number of aromatic nitrogens is 2. The third-order valence-electron chi connectivity index (χ3n) is 7.21. The monoisotopic (exact) mass is 539 g/mol. The molecule has 0 spiro atoms. The largest absolute Gasteiger partial charge is 0.367 e. The van der Waals surface area contributed by atoms with E-state index < -0.39 is 0 Å². The maximum absolute atomic E-state index is 14.6. The summed E-state index contributed by atoms with van der Waals surface area (Å²) in [6, 6.07) is 20.1. The Kier molecular flexibility index (Phi) is 7.18. The Balaban J connectivity index is 1.21. The van der Waals surface area contributed by atoms with Crippen molar-refractivity contribution in [1.29, 1.82) is 0 Å². The highest BCUT2D eigenvalue weighted by Gasteiger charge is 2.26. The predicted molar refractivity (Wildman–Crippen MR) is 154 cm³/mol. The van der Waals surface area contributed by atoms with Crippen LogP contribution in [-0.4, -0.2) is 53.7 Å². The zero-order valence-corrected chi connectivity index (χ0v) is 22.0. The Morgan fingerprint density at radius 1 is 1.08 bits per heavy atom. The molecule has 0 amide bonds. The van der Waals surface area contributed by atoms with E-state index in [1.165, 1.54) is 17.7 Å². The number of pyridine rings is 2. The number of ketones is 1. The highest BCUT2D eigenvalue weighted by Crippen LogP contribution is 2.29. The van der Waals surface area contributed by atoms with Gasteiger partial charge in [-0.2, -0.15) is 0 Å². The fraction of sp³-hybridized carbons (Fsp3) is 0.226. The molecule has 2 aromatic carbocycles. The van der Waals surface area contributed by atoms with Crippen LogP contribution in [0.25, 0.3) is 16.6 Å². The van der Waals surface area contributed by atoms with Gasteiger partial charge in [-0.1, -0.05) is 48.0 Å². The highest BCUT2D eigenvalue weighted by molar-refractivity contribution is 6.35. The van der Waals surface area contributed by atoms with Crippen LogP contribution < -0.4 is 10.2 Å². The Bertz CT molecular complexity index is 1600. The number of Topliss-reactive ketones (excluding diaryl/α,β-unsaturated/α-hetero) is 1. The number of rotatable bonds is 7. The zero-order chi connectivity index (χ0) is 26.8. The molecule has 1 atom stereocenters. The normalized spacial score (nSPS) is 17.3. The van der Waals surface area contributed by atoms with E-state index >= 15 is 0 Å². The summed E-state index contributed by atoms with van der Waals surface area (Å²) in [5.74, 6) is -0.159. The number of hydrogen-bond donors (Lipinski definition) is 1. The lowest BCUT2D eigenvalue weighted by Gasteiger charge is -2.34. The summed E-state index contributed by atoms with van der Waals surface area (Å²) in [7, 11) is 0. The maximum Gasteiger partial charge on any atom is 0.151 e. The number of nitrogens with zero attached hydrogens (tertiary/aromatic N) is 4. The summed E-state index contributed by atoms with van der Waals surface area (Å²) in [6.45, 7) is 2.52. The van der Waals surface area contributed by atoms with E-state index in [2.05, 4.69) is 32.3 Å². The molecular weight excluding hydrogens is 513 g/mol. The molecule has 6 nitrogen and oxygen atoms in total. The molecule has 0 radical (unpaired) electrons. The minimum Gasteiger partial charge on any atom is -0.367 e. The molecule has 39 heavy (non-hydrogen) atoms. The van der Waals surface area contributed by atoms with Crippen molar-refractivity contribution in [2.75, 3.05) is 31.1 Å². The molecule has 1 fully saturated rings. The van der Waals surface area contributed by atoms with Gasteiger partial charge >= 0.3 is 0 Å². The molecule has 0 unspecified atom stereocenters. The lowest BCUT2D eigenvalue weighted by Crippen LogP contribution is -2.54. The van der Waals surface area contributed by atoms with Crippen molar-refractivity contribution in [2.24, 2.45) is 4.99 Å². The third kappa shape index (κ3) is 5.46.